The highest BCUT2D eigenvalue weighted by atomic mass is 35.5. The van der Waals surface area contributed by atoms with Crippen LogP contribution in [0.3, 0.4) is 0 Å². The van der Waals surface area contributed by atoms with Gasteiger partial charge in [-0.1, -0.05) is 35.5 Å². The molecule has 3 aromatic rings. The maximum absolute atomic E-state index is 13.5. The Morgan fingerprint density at radius 2 is 1.78 bits per heavy atom. The predicted octanol–water partition coefficient (Wildman–Crippen LogP) is 5.74. The van der Waals surface area contributed by atoms with Crippen LogP contribution in [0.1, 0.15) is 11.1 Å². The molecule has 37 heavy (non-hydrogen) atoms. The second kappa shape index (κ2) is 11.1. The lowest BCUT2D eigenvalue weighted by atomic mass is 10.1. The molecule has 0 saturated heterocycles. The fourth-order valence-electron chi connectivity index (χ4n) is 3.58. The maximum atomic E-state index is 13.5. The number of benzene rings is 3. The Bertz CT molecular complexity index is 1460. The highest BCUT2D eigenvalue weighted by Crippen LogP contribution is 2.36. The molecular formula is C27H24ClFN4O3S. The van der Waals surface area contributed by atoms with E-state index in [0.717, 1.165) is 29.0 Å². The molecule has 3 aromatic carbocycles. The van der Waals surface area contributed by atoms with E-state index >= 15 is 0 Å². The first kappa shape index (κ1) is 26.2. The largest absolute Gasteiger partial charge is 0.497 e. The normalized spacial score (nSPS) is 16.1. The Kier molecular flexibility index (Phi) is 7.85. The zero-order valence-electron chi connectivity index (χ0n) is 20.3. The van der Waals surface area contributed by atoms with Crippen molar-refractivity contribution in [2.24, 2.45) is 10.7 Å². The third-order valence-electron chi connectivity index (χ3n) is 5.72. The van der Waals surface area contributed by atoms with Crippen molar-refractivity contribution in [2.75, 3.05) is 17.7 Å². The third kappa shape index (κ3) is 5.95. The molecule has 7 nitrogen and oxygen atoms in total. The van der Waals surface area contributed by atoms with Crippen LogP contribution in [0.15, 0.2) is 76.9 Å². The SMILES string of the molecule is COc1cccc(NC(=O)C2=C(N)[C@@H](C(=O)Nc3ccc(F)c(Cl)c3)SC2=Nc2ccc(C)c(C)c2)c1. The van der Waals surface area contributed by atoms with Crippen molar-refractivity contribution in [3.63, 3.8) is 0 Å². The number of methoxy groups -OCH3 is 1. The van der Waals surface area contributed by atoms with Crippen LogP contribution in [-0.4, -0.2) is 29.2 Å². The molecule has 1 heterocycles. The van der Waals surface area contributed by atoms with E-state index in [2.05, 4.69) is 15.6 Å². The van der Waals surface area contributed by atoms with Gasteiger partial charge in [0.1, 0.15) is 21.9 Å². The number of hydrogen-bond donors (Lipinski definition) is 3. The molecule has 0 aromatic heterocycles. The Labute approximate surface area is 222 Å². The second-order valence-corrected chi connectivity index (χ2v) is 9.82. The van der Waals surface area contributed by atoms with Crippen LogP contribution in [0.4, 0.5) is 21.5 Å². The quantitative estimate of drug-likeness (QED) is 0.371. The average molecular weight is 539 g/mol. The number of nitrogens with one attached hydrogen (secondary N) is 2. The van der Waals surface area contributed by atoms with Gasteiger partial charge in [-0.2, -0.15) is 0 Å². The summed E-state index contributed by atoms with van der Waals surface area (Å²) in [5.74, 6) is -1.04. The van der Waals surface area contributed by atoms with Gasteiger partial charge >= 0.3 is 0 Å². The van der Waals surface area contributed by atoms with E-state index in [1.54, 1.807) is 24.3 Å². The Balaban J connectivity index is 1.68. The fourth-order valence-corrected chi connectivity index (χ4v) is 4.88. The number of carbonyl (C=O) groups excluding carboxylic acids is 2. The van der Waals surface area contributed by atoms with Crippen LogP contribution < -0.4 is 21.1 Å². The van der Waals surface area contributed by atoms with E-state index in [-0.39, 0.29) is 16.3 Å². The molecule has 0 saturated carbocycles. The lowest BCUT2D eigenvalue weighted by Gasteiger charge is -2.12. The summed E-state index contributed by atoms with van der Waals surface area (Å²) in [5, 5.41) is 4.72. The maximum Gasteiger partial charge on any atom is 0.260 e. The van der Waals surface area contributed by atoms with E-state index in [9.17, 15) is 14.0 Å². The summed E-state index contributed by atoms with van der Waals surface area (Å²) in [4.78, 5) is 31.2. The number of nitrogens with zero attached hydrogens (tertiary/aromatic N) is 1. The Morgan fingerprint density at radius 3 is 2.49 bits per heavy atom. The number of aryl methyl sites for hydroxylation is 2. The molecule has 2 amide bonds. The number of rotatable bonds is 6. The smallest absolute Gasteiger partial charge is 0.260 e. The molecule has 1 aliphatic rings. The van der Waals surface area contributed by atoms with Gasteiger partial charge < -0.3 is 21.1 Å². The van der Waals surface area contributed by atoms with Crippen molar-refractivity contribution < 1.29 is 18.7 Å². The van der Waals surface area contributed by atoms with Crippen molar-refractivity contribution in [3.05, 3.63) is 93.9 Å². The van der Waals surface area contributed by atoms with Crippen molar-refractivity contribution in [3.8, 4) is 5.75 Å². The molecule has 0 unspecified atom stereocenters. The van der Waals surface area contributed by atoms with E-state index in [1.165, 1.54) is 19.2 Å². The van der Waals surface area contributed by atoms with Crippen molar-refractivity contribution >= 4 is 57.3 Å². The minimum Gasteiger partial charge on any atom is -0.497 e. The minimum absolute atomic E-state index is 0.0543. The topological polar surface area (TPSA) is 106 Å². The summed E-state index contributed by atoms with van der Waals surface area (Å²) in [6.45, 7) is 3.95. The molecule has 0 spiro atoms. The molecule has 10 heteroatoms. The number of amides is 2. The van der Waals surface area contributed by atoms with Crippen molar-refractivity contribution in [1.29, 1.82) is 0 Å². The van der Waals surface area contributed by atoms with E-state index in [1.807, 2.05) is 32.0 Å². The van der Waals surface area contributed by atoms with Crippen LogP contribution in [-0.2, 0) is 9.59 Å². The van der Waals surface area contributed by atoms with Gasteiger partial charge in [-0.15, -0.1) is 0 Å². The van der Waals surface area contributed by atoms with Gasteiger partial charge in [0, 0.05) is 23.1 Å². The highest BCUT2D eigenvalue weighted by molar-refractivity contribution is 8.16. The van der Waals surface area contributed by atoms with Gasteiger partial charge in [-0.25, -0.2) is 9.38 Å². The fraction of sp³-hybridized carbons (Fsp3) is 0.148. The van der Waals surface area contributed by atoms with Crippen LogP contribution in [0.5, 0.6) is 5.75 Å². The van der Waals surface area contributed by atoms with Gasteiger partial charge in [0.05, 0.1) is 23.4 Å². The summed E-state index contributed by atoms with van der Waals surface area (Å²) >= 11 is 6.90. The first-order chi connectivity index (χ1) is 17.7. The van der Waals surface area contributed by atoms with Gasteiger partial charge in [0.2, 0.25) is 5.91 Å². The minimum atomic E-state index is -0.944. The summed E-state index contributed by atoms with van der Waals surface area (Å²) in [6, 6.07) is 16.4. The first-order valence-corrected chi connectivity index (χ1v) is 12.5. The second-order valence-electron chi connectivity index (χ2n) is 8.32. The molecular weight excluding hydrogens is 515 g/mol. The number of halogens is 2. The molecule has 0 radical (unpaired) electrons. The number of aliphatic imine (C=N–C) groups is 1. The first-order valence-electron chi connectivity index (χ1n) is 11.2. The van der Waals surface area contributed by atoms with Gasteiger partial charge in [-0.3, -0.25) is 9.59 Å². The van der Waals surface area contributed by atoms with Gasteiger partial charge in [0.25, 0.3) is 5.91 Å². The summed E-state index contributed by atoms with van der Waals surface area (Å²) < 4.78 is 18.8. The summed E-state index contributed by atoms with van der Waals surface area (Å²) in [6.07, 6.45) is 0. The van der Waals surface area contributed by atoms with Crippen LogP contribution in [0, 0.1) is 19.7 Å². The van der Waals surface area contributed by atoms with Crippen molar-refractivity contribution in [2.45, 2.75) is 19.1 Å². The molecule has 1 aliphatic heterocycles. The number of thioether (sulfide) groups is 1. The lowest BCUT2D eigenvalue weighted by molar-refractivity contribution is -0.115. The summed E-state index contributed by atoms with van der Waals surface area (Å²) in [5.41, 5.74) is 10.1. The zero-order valence-corrected chi connectivity index (χ0v) is 21.8. The number of carbonyl (C=O) groups is 2. The number of nitrogens with two attached hydrogens (primary N) is 1. The summed E-state index contributed by atoms with van der Waals surface area (Å²) in [7, 11) is 1.53. The van der Waals surface area contributed by atoms with Crippen molar-refractivity contribution in [1.82, 2.24) is 0 Å². The van der Waals surface area contributed by atoms with Gasteiger partial charge in [0.15, 0.2) is 0 Å². The third-order valence-corrected chi connectivity index (χ3v) is 7.23. The Hall–Kier alpha value is -3.82. The molecule has 0 bridgehead atoms. The monoisotopic (exact) mass is 538 g/mol. The van der Waals surface area contributed by atoms with Crippen LogP contribution >= 0.6 is 23.4 Å². The van der Waals surface area contributed by atoms with Crippen LogP contribution in [0.25, 0.3) is 0 Å². The Morgan fingerprint density at radius 1 is 1.03 bits per heavy atom. The average Bonchev–Trinajstić information content (AvgIpc) is 3.19. The molecule has 0 aliphatic carbocycles. The molecule has 4 N–H and O–H groups in total. The molecule has 0 fully saturated rings. The molecule has 4 rings (SSSR count). The van der Waals surface area contributed by atoms with Crippen LogP contribution in [0.2, 0.25) is 5.02 Å². The van der Waals surface area contributed by atoms with E-state index in [0.29, 0.717) is 27.9 Å². The van der Waals surface area contributed by atoms with E-state index in [4.69, 9.17) is 22.1 Å². The number of hydrogen-bond acceptors (Lipinski definition) is 6. The molecule has 1 atom stereocenters. The standard InChI is InChI=1S/C27H24ClFN4O3S/c1-14-7-8-17(11-15(14)2)33-27-22(25(34)31-16-5-4-6-19(12-16)36-3)23(30)24(37-27)26(35)32-18-9-10-21(29)20(28)13-18/h4-13,24H,30H2,1-3H3,(H,31,34)(H,32,35)/t24-/m0/s1. The number of anilines is 2. The predicted molar refractivity (Wildman–Crippen MR) is 147 cm³/mol. The van der Waals surface area contributed by atoms with Gasteiger partial charge in [-0.05, 0) is 67.4 Å². The lowest BCUT2D eigenvalue weighted by Crippen LogP contribution is -2.29. The van der Waals surface area contributed by atoms with E-state index < -0.39 is 22.9 Å². The highest BCUT2D eigenvalue weighted by Gasteiger charge is 2.38. The zero-order chi connectivity index (χ0) is 26.7. The number of ether oxygens (including phenoxy) is 1. The molecule has 190 valence electrons.